The smallest absolute Gasteiger partial charge is 0.410 e. The first-order valence-electron chi connectivity index (χ1n) is 8.73. The summed E-state index contributed by atoms with van der Waals surface area (Å²) in [6.45, 7) is 0.550. The number of alkyl carbamates (subject to hydrolysis) is 1. The van der Waals surface area contributed by atoms with Gasteiger partial charge in [-0.3, -0.25) is 0 Å². The van der Waals surface area contributed by atoms with E-state index in [2.05, 4.69) is 5.32 Å². The van der Waals surface area contributed by atoms with Gasteiger partial charge in [0.25, 0.3) is 0 Å². The SMILES string of the molecule is O=C(NC1CN(C(=O)OCc2ccccc2)CC1O)OCc1ccccc1. The van der Waals surface area contributed by atoms with Crippen molar-refractivity contribution in [3.05, 3.63) is 71.8 Å². The fourth-order valence-corrected chi connectivity index (χ4v) is 2.80. The van der Waals surface area contributed by atoms with Crippen molar-refractivity contribution in [3.8, 4) is 0 Å². The van der Waals surface area contributed by atoms with Crippen molar-refractivity contribution in [1.82, 2.24) is 10.2 Å². The zero-order valence-corrected chi connectivity index (χ0v) is 14.8. The third-order valence-electron chi connectivity index (χ3n) is 4.27. The Balaban J connectivity index is 1.43. The van der Waals surface area contributed by atoms with Gasteiger partial charge in [0.2, 0.25) is 0 Å². The molecule has 2 unspecified atom stereocenters. The van der Waals surface area contributed by atoms with Crippen LogP contribution in [0.25, 0.3) is 0 Å². The number of carbonyl (C=O) groups is 2. The van der Waals surface area contributed by atoms with Crippen molar-refractivity contribution >= 4 is 12.2 Å². The zero-order chi connectivity index (χ0) is 19.1. The van der Waals surface area contributed by atoms with Gasteiger partial charge in [0.05, 0.1) is 18.7 Å². The van der Waals surface area contributed by atoms with E-state index in [4.69, 9.17) is 9.47 Å². The molecule has 0 aliphatic carbocycles. The molecular formula is C20H22N2O5. The van der Waals surface area contributed by atoms with Gasteiger partial charge in [0.15, 0.2) is 0 Å². The van der Waals surface area contributed by atoms with Gasteiger partial charge < -0.3 is 24.8 Å². The lowest BCUT2D eigenvalue weighted by Crippen LogP contribution is -2.43. The molecule has 0 bridgehead atoms. The topological polar surface area (TPSA) is 88.1 Å². The Labute approximate surface area is 157 Å². The molecule has 2 atom stereocenters. The molecule has 1 heterocycles. The van der Waals surface area contributed by atoms with E-state index in [-0.39, 0.29) is 26.3 Å². The molecule has 7 nitrogen and oxygen atoms in total. The number of ether oxygens (including phenoxy) is 2. The van der Waals surface area contributed by atoms with E-state index in [1.807, 2.05) is 60.7 Å². The van der Waals surface area contributed by atoms with Gasteiger partial charge in [0.1, 0.15) is 13.2 Å². The Morgan fingerprint density at radius 3 is 2.07 bits per heavy atom. The normalized spacial score (nSPS) is 18.8. The van der Waals surface area contributed by atoms with Crippen LogP contribution < -0.4 is 5.32 Å². The molecule has 0 radical (unpaired) electrons. The van der Waals surface area contributed by atoms with Gasteiger partial charge in [-0.25, -0.2) is 9.59 Å². The Hall–Kier alpha value is -3.06. The minimum Gasteiger partial charge on any atom is -0.445 e. The molecule has 27 heavy (non-hydrogen) atoms. The lowest BCUT2D eigenvalue weighted by molar-refractivity contribution is 0.0968. The highest BCUT2D eigenvalue weighted by atomic mass is 16.6. The van der Waals surface area contributed by atoms with E-state index >= 15 is 0 Å². The number of likely N-dealkylation sites (tertiary alicyclic amines) is 1. The molecule has 1 aliphatic heterocycles. The van der Waals surface area contributed by atoms with Crippen LogP contribution in [0.15, 0.2) is 60.7 Å². The van der Waals surface area contributed by atoms with Gasteiger partial charge in [-0.15, -0.1) is 0 Å². The number of nitrogens with one attached hydrogen (secondary N) is 1. The number of hydrogen-bond donors (Lipinski definition) is 2. The first-order valence-corrected chi connectivity index (χ1v) is 8.73. The zero-order valence-electron chi connectivity index (χ0n) is 14.8. The summed E-state index contributed by atoms with van der Waals surface area (Å²) in [4.78, 5) is 25.5. The van der Waals surface area contributed by atoms with Crippen LogP contribution in [0.5, 0.6) is 0 Å². The largest absolute Gasteiger partial charge is 0.445 e. The summed E-state index contributed by atoms with van der Waals surface area (Å²) in [5, 5.41) is 12.7. The first-order chi connectivity index (χ1) is 13.1. The van der Waals surface area contributed by atoms with Gasteiger partial charge >= 0.3 is 12.2 Å². The molecule has 7 heteroatoms. The van der Waals surface area contributed by atoms with Gasteiger partial charge in [0, 0.05) is 6.54 Å². The van der Waals surface area contributed by atoms with Crippen molar-refractivity contribution < 1.29 is 24.2 Å². The molecule has 2 N–H and O–H groups in total. The highest BCUT2D eigenvalue weighted by molar-refractivity contribution is 5.70. The Kier molecular flexibility index (Phi) is 6.27. The van der Waals surface area contributed by atoms with Crippen LogP contribution in [0, 0.1) is 0 Å². The molecule has 2 aromatic rings. The van der Waals surface area contributed by atoms with Gasteiger partial charge in [-0.2, -0.15) is 0 Å². The maximum atomic E-state index is 12.2. The van der Waals surface area contributed by atoms with E-state index in [9.17, 15) is 14.7 Å². The minimum absolute atomic E-state index is 0.0945. The second-order valence-electron chi connectivity index (χ2n) is 6.33. The second kappa shape index (κ2) is 9.05. The molecular weight excluding hydrogens is 348 g/mol. The number of hydrogen-bond acceptors (Lipinski definition) is 5. The van der Waals surface area contributed by atoms with E-state index < -0.39 is 24.3 Å². The van der Waals surface area contributed by atoms with Crippen LogP contribution in [0.1, 0.15) is 11.1 Å². The summed E-state index contributed by atoms with van der Waals surface area (Å²) in [6.07, 6.45) is -2.04. The van der Waals surface area contributed by atoms with Crippen molar-refractivity contribution in [1.29, 1.82) is 0 Å². The van der Waals surface area contributed by atoms with Crippen molar-refractivity contribution in [2.75, 3.05) is 13.1 Å². The van der Waals surface area contributed by atoms with Crippen LogP contribution in [0.4, 0.5) is 9.59 Å². The number of benzene rings is 2. The summed E-state index contributed by atoms with van der Waals surface area (Å²) in [7, 11) is 0. The average Bonchev–Trinajstić information content (AvgIpc) is 3.06. The molecule has 3 rings (SSSR count). The van der Waals surface area contributed by atoms with E-state index in [1.54, 1.807) is 0 Å². The van der Waals surface area contributed by atoms with E-state index in [0.717, 1.165) is 11.1 Å². The summed E-state index contributed by atoms with van der Waals surface area (Å²) in [5.74, 6) is 0. The second-order valence-corrected chi connectivity index (χ2v) is 6.33. The molecule has 1 saturated heterocycles. The number of nitrogens with zero attached hydrogens (tertiary/aromatic N) is 1. The summed E-state index contributed by atoms with van der Waals surface area (Å²) >= 11 is 0. The predicted octanol–water partition coefficient (Wildman–Crippen LogP) is 2.29. The predicted molar refractivity (Wildman–Crippen MR) is 97.8 cm³/mol. The number of amides is 2. The maximum absolute atomic E-state index is 12.2. The summed E-state index contributed by atoms with van der Waals surface area (Å²) in [6, 6.07) is 18.0. The highest BCUT2D eigenvalue weighted by Crippen LogP contribution is 2.13. The summed E-state index contributed by atoms with van der Waals surface area (Å²) in [5.41, 5.74) is 1.75. The molecule has 1 fully saturated rings. The number of aliphatic hydroxyl groups is 1. The molecule has 0 spiro atoms. The monoisotopic (exact) mass is 370 g/mol. The van der Waals surface area contributed by atoms with Gasteiger partial charge in [-0.05, 0) is 11.1 Å². The number of carbonyl (C=O) groups excluding carboxylic acids is 2. The Morgan fingerprint density at radius 1 is 0.926 bits per heavy atom. The number of rotatable bonds is 5. The number of aliphatic hydroxyl groups excluding tert-OH is 1. The van der Waals surface area contributed by atoms with Gasteiger partial charge in [-0.1, -0.05) is 60.7 Å². The van der Waals surface area contributed by atoms with Crippen molar-refractivity contribution in [3.63, 3.8) is 0 Å². The first kappa shape index (κ1) is 18.7. The van der Waals surface area contributed by atoms with Crippen LogP contribution in [0.3, 0.4) is 0 Å². The van der Waals surface area contributed by atoms with Crippen molar-refractivity contribution in [2.24, 2.45) is 0 Å². The molecule has 0 saturated carbocycles. The average molecular weight is 370 g/mol. The van der Waals surface area contributed by atoms with Crippen LogP contribution >= 0.6 is 0 Å². The lowest BCUT2D eigenvalue weighted by atomic mass is 10.2. The third-order valence-corrected chi connectivity index (χ3v) is 4.27. The molecule has 2 aromatic carbocycles. The van der Waals surface area contributed by atoms with Crippen LogP contribution in [0.2, 0.25) is 0 Å². The standard InChI is InChI=1S/C20H22N2O5/c23-18-12-22(20(25)27-14-16-9-5-2-6-10-16)11-17(18)21-19(24)26-13-15-7-3-1-4-8-15/h1-10,17-18,23H,11-14H2,(H,21,24). The molecule has 2 amide bonds. The van der Waals surface area contributed by atoms with E-state index in [1.165, 1.54) is 4.90 Å². The molecule has 0 aromatic heterocycles. The quantitative estimate of drug-likeness (QED) is 0.843. The highest BCUT2D eigenvalue weighted by Gasteiger charge is 2.36. The van der Waals surface area contributed by atoms with Crippen LogP contribution in [-0.2, 0) is 22.7 Å². The lowest BCUT2D eigenvalue weighted by Gasteiger charge is -2.17. The minimum atomic E-state index is -0.876. The van der Waals surface area contributed by atoms with E-state index in [0.29, 0.717) is 0 Å². The Morgan fingerprint density at radius 2 is 1.48 bits per heavy atom. The maximum Gasteiger partial charge on any atom is 0.410 e. The molecule has 142 valence electrons. The van der Waals surface area contributed by atoms with Crippen LogP contribution in [-0.4, -0.2) is 47.4 Å². The molecule has 1 aliphatic rings. The number of β-amino-alcohol motifs (C(OH)–C–C–N with tert-alkyl or cyclic N) is 1. The third kappa shape index (κ3) is 5.46. The summed E-state index contributed by atoms with van der Waals surface area (Å²) < 4.78 is 10.4. The Bertz CT molecular complexity index is 753. The fourth-order valence-electron chi connectivity index (χ4n) is 2.80. The fraction of sp³-hybridized carbons (Fsp3) is 0.300. The van der Waals surface area contributed by atoms with Crippen molar-refractivity contribution in [2.45, 2.75) is 25.4 Å².